The van der Waals surface area contributed by atoms with Gasteiger partial charge in [-0.25, -0.2) is 13.1 Å². The van der Waals surface area contributed by atoms with Crippen LogP contribution in [0.3, 0.4) is 0 Å². The van der Waals surface area contributed by atoms with Gasteiger partial charge in [-0.05, 0) is 56.4 Å². The van der Waals surface area contributed by atoms with Crippen LogP contribution in [0.1, 0.15) is 36.5 Å². The van der Waals surface area contributed by atoms with Crippen LogP contribution in [0, 0.1) is 13.8 Å². The number of hydrogen-bond acceptors (Lipinski definition) is 4. The molecule has 2 rings (SSSR count). The molecule has 118 valence electrons. The molecule has 0 aliphatic carbocycles. The van der Waals surface area contributed by atoms with Gasteiger partial charge < -0.3 is 10.5 Å². The first-order valence-electron chi connectivity index (χ1n) is 7.19. The summed E-state index contributed by atoms with van der Waals surface area (Å²) in [6.45, 7) is 7.06. The third-order valence-corrected chi connectivity index (χ3v) is 5.74. The van der Waals surface area contributed by atoms with Crippen LogP contribution >= 0.6 is 0 Å². The summed E-state index contributed by atoms with van der Waals surface area (Å²) in [6, 6.07) is 3.55. The second kappa shape index (κ2) is 6.04. The van der Waals surface area contributed by atoms with Crippen LogP contribution in [0.2, 0.25) is 0 Å². The molecule has 1 aliphatic rings. The molecule has 1 saturated heterocycles. The highest BCUT2D eigenvalue weighted by Crippen LogP contribution is 2.25. The molecular formula is C15H24N2O3S. The number of hydrogen-bond donors (Lipinski definition) is 2. The Morgan fingerprint density at radius 1 is 1.33 bits per heavy atom. The highest BCUT2D eigenvalue weighted by atomic mass is 32.2. The molecule has 0 aromatic heterocycles. The molecule has 0 bridgehead atoms. The van der Waals surface area contributed by atoms with Crippen molar-refractivity contribution in [2.45, 2.75) is 50.6 Å². The summed E-state index contributed by atoms with van der Waals surface area (Å²) in [7, 11) is -3.58. The van der Waals surface area contributed by atoms with Crippen molar-refractivity contribution in [1.82, 2.24) is 4.72 Å². The number of rotatable bonds is 4. The Labute approximate surface area is 126 Å². The fourth-order valence-electron chi connectivity index (χ4n) is 2.78. The summed E-state index contributed by atoms with van der Waals surface area (Å²) in [5, 5.41) is 0. The fourth-order valence-corrected chi connectivity index (χ4v) is 4.48. The smallest absolute Gasteiger partial charge is 0.241 e. The average molecular weight is 312 g/mol. The Morgan fingerprint density at radius 2 is 2.05 bits per heavy atom. The van der Waals surface area contributed by atoms with Crippen molar-refractivity contribution in [2.75, 3.05) is 13.2 Å². The van der Waals surface area contributed by atoms with Gasteiger partial charge in [0, 0.05) is 13.2 Å². The Bertz CT molecular complexity index is 620. The number of sulfonamides is 1. The molecule has 1 atom stereocenters. The first-order valence-corrected chi connectivity index (χ1v) is 8.68. The maximum Gasteiger partial charge on any atom is 0.241 e. The monoisotopic (exact) mass is 312 g/mol. The van der Waals surface area contributed by atoms with Crippen molar-refractivity contribution >= 4 is 10.0 Å². The normalized spacial score (nSPS) is 23.2. The van der Waals surface area contributed by atoms with Gasteiger partial charge in [-0.15, -0.1) is 0 Å². The molecule has 6 heteroatoms. The molecule has 21 heavy (non-hydrogen) atoms. The molecule has 1 aromatic carbocycles. The van der Waals surface area contributed by atoms with E-state index in [9.17, 15) is 8.42 Å². The summed E-state index contributed by atoms with van der Waals surface area (Å²) in [5.74, 6) is 0. The second-order valence-corrected chi connectivity index (χ2v) is 7.72. The van der Waals surface area contributed by atoms with E-state index in [0.29, 0.717) is 24.7 Å². The van der Waals surface area contributed by atoms with E-state index < -0.39 is 15.6 Å². The molecular weight excluding hydrogens is 288 g/mol. The summed E-state index contributed by atoms with van der Waals surface area (Å²) < 4.78 is 33.6. The molecule has 0 saturated carbocycles. The minimum atomic E-state index is -3.58. The van der Waals surface area contributed by atoms with Gasteiger partial charge in [-0.2, -0.15) is 0 Å². The van der Waals surface area contributed by atoms with E-state index in [0.717, 1.165) is 29.5 Å². The van der Waals surface area contributed by atoms with Gasteiger partial charge in [0.25, 0.3) is 0 Å². The lowest BCUT2D eigenvalue weighted by Gasteiger charge is -2.34. The van der Waals surface area contributed by atoms with Crippen LogP contribution in [-0.2, 0) is 21.3 Å². The molecule has 0 spiro atoms. The fraction of sp³-hybridized carbons (Fsp3) is 0.600. The second-order valence-electron chi connectivity index (χ2n) is 6.07. The van der Waals surface area contributed by atoms with Crippen molar-refractivity contribution in [1.29, 1.82) is 0 Å². The van der Waals surface area contributed by atoms with Crippen molar-refractivity contribution in [3.05, 3.63) is 28.8 Å². The molecule has 1 aromatic rings. The van der Waals surface area contributed by atoms with Gasteiger partial charge >= 0.3 is 0 Å². The highest BCUT2D eigenvalue weighted by molar-refractivity contribution is 7.89. The quantitative estimate of drug-likeness (QED) is 0.885. The maximum absolute atomic E-state index is 12.7. The Hall–Kier alpha value is -0.950. The van der Waals surface area contributed by atoms with E-state index in [1.165, 1.54) is 0 Å². The van der Waals surface area contributed by atoms with Gasteiger partial charge in [-0.1, -0.05) is 6.07 Å². The van der Waals surface area contributed by atoms with E-state index in [4.69, 9.17) is 10.5 Å². The highest BCUT2D eigenvalue weighted by Gasteiger charge is 2.33. The summed E-state index contributed by atoms with van der Waals surface area (Å²) in [6.07, 6.45) is 1.64. The zero-order valence-electron chi connectivity index (χ0n) is 12.9. The van der Waals surface area contributed by atoms with E-state index >= 15 is 0 Å². The topological polar surface area (TPSA) is 81.4 Å². The molecule has 1 aliphatic heterocycles. The van der Waals surface area contributed by atoms with E-state index in [1.807, 2.05) is 26.8 Å². The molecule has 3 N–H and O–H groups in total. The zero-order valence-corrected chi connectivity index (χ0v) is 13.7. The van der Waals surface area contributed by atoms with Crippen molar-refractivity contribution in [3.63, 3.8) is 0 Å². The maximum atomic E-state index is 12.7. The standard InChI is InChI=1S/C15H24N2O3S/c1-11-7-12(2)14(8-13(11)9-16)21(18,19)17-15(3)5-4-6-20-10-15/h7-8,17H,4-6,9-10,16H2,1-3H3. The van der Waals surface area contributed by atoms with Crippen molar-refractivity contribution < 1.29 is 13.2 Å². The molecule has 1 unspecified atom stereocenters. The molecule has 1 heterocycles. The molecule has 0 radical (unpaired) electrons. The lowest BCUT2D eigenvalue weighted by atomic mass is 9.97. The molecule has 5 nitrogen and oxygen atoms in total. The van der Waals surface area contributed by atoms with Crippen LogP contribution in [0.4, 0.5) is 0 Å². The first kappa shape index (κ1) is 16.4. The van der Waals surface area contributed by atoms with Gasteiger partial charge in [0.2, 0.25) is 10.0 Å². The number of ether oxygens (including phenoxy) is 1. The number of nitrogens with two attached hydrogens (primary N) is 1. The zero-order chi connectivity index (χ0) is 15.7. The molecule has 0 amide bonds. The van der Waals surface area contributed by atoms with E-state index in [2.05, 4.69) is 4.72 Å². The predicted octanol–water partition coefficient (Wildman–Crippen LogP) is 1.61. The Morgan fingerprint density at radius 3 is 2.62 bits per heavy atom. The minimum absolute atomic E-state index is 0.306. The van der Waals surface area contributed by atoms with Crippen LogP contribution in [-0.4, -0.2) is 27.2 Å². The Balaban J connectivity index is 2.35. The van der Waals surface area contributed by atoms with Crippen LogP contribution < -0.4 is 10.5 Å². The van der Waals surface area contributed by atoms with Crippen LogP contribution in [0.15, 0.2) is 17.0 Å². The van der Waals surface area contributed by atoms with Crippen LogP contribution in [0.25, 0.3) is 0 Å². The minimum Gasteiger partial charge on any atom is -0.380 e. The number of aryl methyl sites for hydroxylation is 2. The number of benzene rings is 1. The molecule has 1 fully saturated rings. The van der Waals surface area contributed by atoms with Gasteiger partial charge in [0.05, 0.1) is 17.0 Å². The van der Waals surface area contributed by atoms with Gasteiger partial charge in [-0.3, -0.25) is 0 Å². The van der Waals surface area contributed by atoms with E-state index in [1.54, 1.807) is 6.07 Å². The third-order valence-electron chi connectivity index (χ3n) is 3.96. The first-order chi connectivity index (χ1) is 9.77. The van der Waals surface area contributed by atoms with Crippen LogP contribution in [0.5, 0.6) is 0 Å². The van der Waals surface area contributed by atoms with Gasteiger partial charge in [0.1, 0.15) is 0 Å². The average Bonchev–Trinajstić information content (AvgIpc) is 2.38. The van der Waals surface area contributed by atoms with E-state index in [-0.39, 0.29) is 0 Å². The van der Waals surface area contributed by atoms with Crippen molar-refractivity contribution in [3.8, 4) is 0 Å². The van der Waals surface area contributed by atoms with Gasteiger partial charge in [0.15, 0.2) is 0 Å². The lowest BCUT2D eigenvalue weighted by Crippen LogP contribution is -2.51. The lowest BCUT2D eigenvalue weighted by molar-refractivity contribution is 0.0386. The summed E-state index contributed by atoms with van der Waals surface area (Å²) in [5.41, 5.74) is 7.75. The summed E-state index contributed by atoms with van der Waals surface area (Å²) >= 11 is 0. The Kier molecular flexibility index (Phi) is 4.72. The third kappa shape index (κ3) is 3.63. The predicted molar refractivity (Wildman–Crippen MR) is 82.6 cm³/mol. The SMILES string of the molecule is Cc1cc(C)c(S(=O)(=O)NC2(C)CCCOC2)cc1CN. The summed E-state index contributed by atoms with van der Waals surface area (Å²) in [4.78, 5) is 0.306. The largest absolute Gasteiger partial charge is 0.380 e. The number of nitrogens with one attached hydrogen (secondary N) is 1. The van der Waals surface area contributed by atoms with Crippen molar-refractivity contribution in [2.24, 2.45) is 5.73 Å².